The van der Waals surface area contributed by atoms with Crippen LogP contribution in [0.1, 0.15) is 45.4 Å². The number of aliphatic carboxylic acids is 1. The maximum Gasteiger partial charge on any atom is 0.313 e. The SMILES string of the molecule is CN1[C@H](CCC(C)(F)F)CN(c2ccccc2)c2nc(SC3CC(F)(F)C3)c(OCC3(C(=O)O)CC3)cc2S1(=O)=O. The second kappa shape index (κ2) is 10.6. The summed E-state index contributed by atoms with van der Waals surface area (Å²) in [7, 11) is -2.96. The first kappa shape index (κ1) is 29.9. The number of thioether (sulfide) groups is 1. The first-order valence-corrected chi connectivity index (χ1v) is 15.6. The highest BCUT2D eigenvalue weighted by molar-refractivity contribution is 8.00. The van der Waals surface area contributed by atoms with Crippen molar-refractivity contribution in [1.82, 2.24) is 9.29 Å². The predicted octanol–water partition coefficient (Wildman–Crippen LogP) is 5.79. The molecule has 0 spiro atoms. The summed E-state index contributed by atoms with van der Waals surface area (Å²) < 4.78 is 89.8. The third-order valence-electron chi connectivity index (χ3n) is 7.85. The number of sulfonamides is 1. The van der Waals surface area contributed by atoms with Crippen LogP contribution in [0, 0.1) is 5.41 Å². The largest absolute Gasteiger partial charge is 0.490 e. The summed E-state index contributed by atoms with van der Waals surface area (Å²) in [5.74, 6) is -6.83. The quantitative estimate of drug-likeness (QED) is 0.335. The van der Waals surface area contributed by atoms with Crippen molar-refractivity contribution in [2.24, 2.45) is 5.41 Å². The maximum absolute atomic E-state index is 13.9. The lowest BCUT2D eigenvalue weighted by Gasteiger charge is -2.34. The lowest BCUT2D eigenvalue weighted by Crippen LogP contribution is -2.41. The number of para-hydroxylation sites is 1. The Hall–Kier alpha value is -2.58. The van der Waals surface area contributed by atoms with Crippen molar-refractivity contribution in [2.75, 3.05) is 25.1 Å². The van der Waals surface area contributed by atoms with Crippen LogP contribution in [-0.4, -0.2) is 72.1 Å². The Morgan fingerprint density at radius 1 is 1.22 bits per heavy atom. The second-order valence-electron chi connectivity index (χ2n) is 11.2. The zero-order chi connectivity index (χ0) is 29.8. The van der Waals surface area contributed by atoms with Crippen molar-refractivity contribution in [2.45, 2.75) is 78.5 Å². The molecule has 1 atom stereocenters. The van der Waals surface area contributed by atoms with E-state index in [4.69, 9.17) is 4.74 Å². The van der Waals surface area contributed by atoms with Crippen LogP contribution in [0.15, 0.2) is 46.3 Å². The van der Waals surface area contributed by atoms with Gasteiger partial charge in [0.2, 0.25) is 21.9 Å². The number of likely N-dealkylation sites (N-methyl/N-ethyl adjacent to an activating group) is 1. The smallest absolute Gasteiger partial charge is 0.313 e. The monoisotopic (exact) mass is 617 g/mol. The molecule has 2 heterocycles. The highest BCUT2D eigenvalue weighted by Gasteiger charge is 2.52. The van der Waals surface area contributed by atoms with E-state index in [9.17, 15) is 35.9 Å². The molecule has 1 aromatic heterocycles. The van der Waals surface area contributed by atoms with Gasteiger partial charge in [0.1, 0.15) is 21.9 Å². The average molecular weight is 618 g/mol. The summed E-state index contributed by atoms with van der Waals surface area (Å²) in [5, 5.41) is 9.27. The normalized spacial score (nSPS) is 23.3. The number of benzene rings is 1. The minimum Gasteiger partial charge on any atom is -0.490 e. The van der Waals surface area contributed by atoms with Gasteiger partial charge in [0.15, 0.2) is 11.6 Å². The zero-order valence-electron chi connectivity index (χ0n) is 22.5. The number of hydrogen-bond acceptors (Lipinski definition) is 7. The van der Waals surface area contributed by atoms with Crippen molar-refractivity contribution < 1.29 is 40.6 Å². The van der Waals surface area contributed by atoms with E-state index in [1.807, 2.05) is 0 Å². The Labute approximate surface area is 240 Å². The number of aromatic nitrogens is 1. The number of halogens is 4. The molecule has 0 radical (unpaired) electrons. The van der Waals surface area contributed by atoms with Crippen LogP contribution < -0.4 is 9.64 Å². The number of hydrogen-bond donors (Lipinski definition) is 1. The summed E-state index contributed by atoms with van der Waals surface area (Å²) in [6.45, 7) is 0.567. The van der Waals surface area contributed by atoms with Crippen LogP contribution in [0.25, 0.3) is 0 Å². The van der Waals surface area contributed by atoms with Gasteiger partial charge in [-0.1, -0.05) is 30.0 Å². The number of carboxylic acids is 1. The van der Waals surface area contributed by atoms with Gasteiger partial charge in [-0.05, 0) is 38.3 Å². The molecule has 8 nitrogen and oxygen atoms in total. The number of rotatable bonds is 10. The second-order valence-corrected chi connectivity index (χ2v) is 14.5. The third-order valence-corrected chi connectivity index (χ3v) is 10.9. The number of ether oxygens (including phenoxy) is 1. The molecule has 0 bridgehead atoms. The molecule has 224 valence electrons. The topological polar surface area (TPSA) is 100 Å². The van der Waals surface area contributed by atoms with E-state index in [1.54, 1.807) is 35.2 Å². The van der Waals surface area contributed by atoms with E-state index in [0.29, 0.717) is 18.5 Å². The minimum atomic E-state index is -4.29. The first-order valence-electron chi connectivity index (χ1n) is 13.2. The molecule has 41 heavy (non-hydrogen) atoms. The lowest BCUT2D eigenvalue weighted by molar-refractivity contribution is -0.144. The van der Waals surface area contributed by atoms with Crippen LogP contribution in [0.4, 0.5) is 29.1 Å². The van der Waals surface area contributed by atoms with Gasteiger partial charge < -0.3 is 14.7 Å². The highest BCUT2D eigenvalue weighted by Crippen LogP contribution is 2.51. The number of pyridine rings is 1. The molecule has 2 aliphatic carbocycles. The Morgan fingerprint density at radius 3 is 2.44 bits per heavy atom. The fraction of sp³-hybridized carbons (Fsp3) is 0.556. The standard InChI is InChI=1S/C27H31F4N3O5S2/c1-25(28,29)9-8-18-15-34(17-6-4-3-5-7-17)22-21(41(37,38)33(18)2)12-20(39-16-26(10-11-26)24(35)36)23(32-22)40-19-13-27(30,31)14-19/h3-7,12,18-19H,8-11,13-16H2,1-2H3,(H,35,36)/t18-/m1/s1. The summed E-state index contributed by atoms with van der Waals surface area (Å²) in [5.41, 5.74) is -0.525. The van der Waals surface area contributed by atoms with Crippen molar-refractivity contribution in [3.63, 3.8) is 0 Å². The molecule has 2 aromatic rings. The maximum atomic E-state index is 13.9. The van der Waals surface area contributed by atoms with Gasteiger partial charge in [-0.25, -0.2) is 31.0 Å². The number of nitrogens with zero attached hydrogens (tertiary/aromatic N) is 3. The van der Waals surface area contributed by atoms with Gasteiger partial charge >= 0.3 is 5.97 Å². The predicted molar refractivity (Wildman–Crippen MR) is 145 cm³/mol. The molecule has 5 rings (SSSR count). The fourth-order valence-corrected chi connectivity index (χ4v) is 7.81. The molecule has 1 N–H and O–H groups in total. The zero-order valence-corrected chi connectivity index (χ0v) is 24.2. The lowest BCUT2D eigenvalue weighted by atomic mass is 9.94. The van der Waals surface area contributed by atoms with Gasteiger partial charge in [0, 0.05) is 55.9 Å². The third kappa shape index (κ3) is 6.29. The Balaban J connectivity index is 1.60. The van der Waals surface area contributed by atoms with E-state index in [0.717, 1.165) is 23.0 Å². The van der Waals surface area contributed by atoms with Gasteiger partial charge in [-0.2, -0.15) is 4.31 Å². The number of alkyl halides is 4. The molecule has 0 saturated heterocycles. The van der Waals surface area contributed by atoms with Gasteiger partial charge in [-0.15, -0.1) is 0 Å². The van der Waals surface area contributed by atoms with Gasteiger partial charge in [0.25, 0.3) is 0 Å². The van der Waals surface area contributed by atoms with E-state index in [2.05, 4.69) is 4.98 Å². The number of carbonyl (C=O) groups is 1. The Kier molecular flexibility index (Phi) is 7.73. The molecule has 0 amide bonds. The average Bonchev–Trinajstić information content (AvgIpc) is 3.68. The molecular weight excluding hydrogens is 586 g/mol. The van der Waals surface area contributed by atoms with Crippen molar-refractivity contribution in [3.8, 4) is 5.75 Å². The van der Waals surface area contributed by atoms with Crippen LogP contribution >= 0.6 is 11.8 Å². The summed E-state index contributed by atoms with van der Waals surface area (Å²) in [6, 6.07) is 9.17. The minimum absolute atomic E-state index is 0.0139. The Bertz CT molecular complexity index is 1410. The van der Waals surface area contributed by atoms with E-state index >= 15 is 0 Å². The van der Waals surface area contributed by atoms with Crippen LogP contribution in [0.2, 0.25) is 0 Å². The number of fused-ring (bicyclic) bond motifs is 1. The highest BCUT2D eigenvalue weighted by atomic mass is 32.2. The molecule has 14 heteroatoms. The molecule has 1 aromatic carbocycles. The first-order chi connectivity index (χ1) is 19.1. The summed E-state index contributed by atoms with van der Waals surface area (Å²) in [4.78, 5) is 17.8. The number of anilines is 2. The van der Waals surface area contributed by atoms with Crippen LogP contribution in [-0.2, 0) is 14.8 Å². The van der Waals surface area contributed by atoms with Crippen LogP contribution in [0.3, 0.4) is 0 Å². The number of carboxylic acid groups (broad SMARTS) is 1. The van der Waals surface area contributed by atoms with Gasteiger partial charge in [0.05, 0.1) is 0 Å². The Morgan fingerprint density at radius 2 is 1.88 bits per heavy atom. The summed E-state index contributed by atoms with van der Waals surface area (Å²) in [6.07, 6.45) is -0.640. The van der Waals surface area contributed by atoms with Gasteiger partial charge in [-0.3, -0.25) is 4.79 Å². The van der Waals surface area contributed by atoms with Crippen molar-refractivity contribution in [1.29, 1.82) is 0 Å². The van der Waals surface area contributed by atoms with E-state index in [1.165, 1.54) is 13.1 Å². The molecule has 2 fully saturated rings. The molecular formula is C27H31F4N3O5S2. The summed E-state index contributed by atoms with van der Waals surface area (Å²) >= 11 is 1.03. The molecule has 2 saturated carbocycles. The molecule has 1 aliphatic heterocycles. The fourth-order valence-electron chi connectivity index (χ4n) is 4.95. The molecule has 3 aliphatic rings. The van der Waals surface area contributed by atoms with Crippen molar-refractivity contribution in [3.05, 3.63) is 36.4 Å². The van der Waals surface area contributed by atoms with E-state index in [-0.39, 0.29) is 53.9 Å². The van der Waals surface area contributed by atoms with Crippen LogP contribution in [0.5, 0.6) is 5.75 Å². The van der Waals surface area contributed by atoms with E-state index < -0.39 is 51.0 Å². The van der Waals surface area contributed by atoms with Crippen molar-refractivity contribution >= 4 is 39.3 Å². The molecule has 0 unspecified atom stereocenters.